The van der Waals surface area contributed by atoms with E-state index in [4.69, 9.17) is 4.74 Å². The molecule has 0 amide bonds. The number of hydrogen-bond acceptors (Lipinski definition) is 4. The lowest BCUT2D eigenvalue weighted by molar-refractivity contribution is 0.0505. The highest BCUT2D eigenvalue weighted by molar-refractivity contribution is 5.37. The van der Waals surface area contributed by atoms with E-state index in [1.807, 2.05) is 6.07 Å². The van der Waals surface area contributed by atoms with Gasteiger partial charge in [0.25, 0.3) is 5.95 Å². The van der Waals surface area contributed by atoms with Crippen LogP contribution in [0.5, 0.6) is 0 Å². The minimum absolute atomic E-state index is 0.0301. The molecule has 24 heavy (non-hydrogen) atoms. The van der Waals surface area contributed by atoms with E-state index < -0.39 is 0 Å². The minimum Gasteiger partial charge on any atom is -0.480 e. The molecule has 126 valence electrons. The zero-order valence-corrected chi connectivity index (χ0v) is 13.8. The lowest BCUT2D eigenvalue weighted by Crippen LogP contribution is -2.29. The van der Waals surface area contributed by atoms with Crippen LogP contribution in [0.25, 0.3) is 5.69 Å². The lowest BCUT2D eigenvalue weighted by atomic mass is 9.84. The van der Waals surface area contributed by atoms with Gasteiger partial charge in [-0.2, -0.15) is 5.10 Å². The van der Waals surface area contributed by atoms with Crippen molar-refractivity contribution in [3.8, 4) is 5.69 Å². The maximum atomic E-state index is 9.49. The fourth-order valence-corrected chi connectivity index (χ4v) is 3.76. The molecule has 1 unspecified atom stereocenters. The molecule has 1 atom stereocenters. The second-order valence-corrected chi connectivity index (χ2v) is 6.52. The Morgan fingerprint density at radius 1 is 1.25 bits per heavy atom. The third kappa shape index (κ3) is 2.98. The molecule has 0 fully saturated rings. The van der Waals surface area contributed by atoms with Crippen LogP contribution in [0.2, 0.25) is 0 Å². The van der Waals surface area contributed by atoms with Crippen molar-refractivity contribution in [2.24, 2.45) is 0 Å². The largest absolute Gasteiger partial charge is 0.480 e. The molecule has 1 N–H and O–H groups in total. The summed E-state index contributed by atoms with van der Waals surface area (Å²) in [7, 11) is 0. The number of aliphatic hydroxyl groups excluding tert-OH is 1. The Balaban J connectivity index is 1.50. The van der Waals surface area contributed by atoms with Gasteiger partial charge in [0.15, 0.2) is 0 Å². The molecular formula is C19H23N3O2. The second kappa shape index (κ2) is 6.59. The standard InChI is InChI=1S/C19H23N3O2/c23-19-14-21(11-12-24-19)10-9-15-5-4-8-18-17(15)13-20-22(18)16-6-2-1-3-7-16/h1-3,6-7,13-15,23H,4-5,8-12H2. The number of fused-ring (bicyclic) bond motifs is 1. The van der Waals surface area contributed by atoms with Crippen LogP contribution in [0.3, 0.4) is 0 Å². The van der Waals surface area contributed by atoms with Crippen molar-refractivity contribution in [2.75, 3.05) is 19.7 Å². The number of ether oxygens (including phenoxy) is 1. The van der Waals surface area contributed by atoms with Gasteiger partial charge in [-0.25, -0.2) is 4.68 Å². The van der Waals surface area contributed by atoms with Crippen molar-refractivity contribution in [3.05, 3.63) is 59.9 Å². The molecule has 0 spiro atoms. The summed E-state index contributed by atoms with van der Waals surface area (Å²) in [5, 5.41) is 14.1. The Labute approximate surface area is 142 Å². The number of aromatic nitrogens is 2. The van der Waals surface area contributed by atoms with Crippen LogP contribution >= 0.6 is 0 Å². The molecule has 1 aliphatic carbocycles. The summed E-state index contributed by atoms with van der Waals surface area (Å²) in [6, 6.07) is 10.4. The first-order valence-corrected chi connectivity index (χ1v) is 8.71. The van der Waals surface area contributed by atoms with Gasteiger partial charge >= 0.3 is 0 Å². The molecule has 0 bridgehead atoms. The van der Waals surface area contributed by atoms with Crippen molar-refractivity contribution in [2.45, 2.75) is 31.6 Å². The molecule has 2 aromatic rings. The molecule has 4 rings (SSSR count). The smallest absolute Gasteiger partial charge is 0.293 e. The quantitative estimate of drug-likeness (QED) is 0.936. The summed E-state index contributed by atoms with van der Waals surface area (Å²) in [4.78, 5) is 2.15. The van der Waals surface area contributed by atoms with Crippen LogP contribution in [-0.4, -0.2) is 39.5 Å². The predicted molar refractivity (Wildman–Crippen MR) is 92.1 cm³/mol. The van der Waals surface area contributed by atoms with Crippen molar-refractivity contribution in [3.63, 3.8) is 0 Å². The number of benzene rings is 1. The van der Waals surface area contributed by atoms with E-state index in [0.717, 1.165) is 31.6 Å². The van der Waals surface area contributed by atoms with Gasteiger partial charge in [-0.3, -0.25) is 0 Å². The number of nitrogens with zero attached hydrogens (tertiary/aromatic N) is 3. The molecule has 1 aromatic carbocycles. The Bertz CT molecular complexity index is 723. The summed E-state index contributed by atoms with van der Waals surface area (Å²) in [6.07, 6.45) is 8.36. The van der Waals surface area contributed by atoms with Gasteiger partial charge in [0.2, 0.25) is 0 Å². The van der Waals surface area contributed by atoms with Crippen LogP contribution in [0.4, 0.5) is 0 Å². The van der Waals surface area contributed by atoms with Gasteiger partial charge in [0.1, 0.15) is 6.61 Å². The molecule has 0 saturated heterocycles. The molecule has 2 heterocycles. The summed E-state index contributed by atoms with van der Waals surface area (Å²) in [5.41, 5.74) is 3.89. The lowest BCUT2D eigenvalue weighted by Gasteiger charge is -2.28. The average Bonchev–Trinajstić information content (AvgIpc) is 3.05. The summed E-state index contributed by atoms with van der Waals surface area (Å²) >= 11 is 0. The van der Waals surface area contributed by atoms with Gasteiger partial charge in [-0.05, 0) is 49.3 Å². The third-order valence-corrected chi connectivity index (χ3v) is 4.99. The summed E-state index contributed by atoms with van der Waals surface area (Å²) < 4.78 is 7.17. The minimum atomic E-state index is 0.0301. The van der Waals surface area contributed by atoms with Gasteiger partial charge < -0.3 is 14.7 Å². The Kier molecular flexibility index (Phi) is 4.15. The van der Waals surface area contributed by atoms with E-state index in [1.54, 1.807) is 6.20 Å². The predicted octanol–water partition coefficient (Wildman–Crippen LogP) is 3.37. The fourth-order valence-electron chi connectivity index (χ4n) is 3.76. The Morgan fingerprint density at radius 3 is 2.96 bits per heavy atom. The highest BCUT2D eigenvalue weighted by Gasteiger charge is 2.25. The molecular weight excluding hydrogens is 302 g/mol. The highest BCUT2D eigenvalue weighted by Crippen LogP contribution is 2.35. The van der Waals surface area contributed by atoms with E-state index in [0.29, 0.717) is 12.5 Å². The first-order chi connectivity index (χ1) is 11.8. The average molecular weight is 325 g/mol. The van der Waals surface area contributed by atoms with Gasteiger partial charge in [0.05, 0.1) is 24.6 Å². The SMILES string of the molecule is OC1=CN(CCC2CCCc3c2cnn3-c2ccccc2)CCO1. The normalized spacial score (nSPS) is 20.2. The fraction of sp³-hybridized carbons (Fsp3) is 0.421. The van der Waals surface area contributed by atoms with Crippen LogP contribution in [0, 0.1) is 0 Å². The van der Waals surface area contributed by atoms with Gasteiger partial charge in [-0.15, -0.1) is 0 Å². The molecule has 5 heteroatoms. The molecule has 1 aliphatic heterocycles. The molecule has 2 aliphatic rings. The van der Waals surface area contributed by atoms with E-state index in [9.17, 15) is 5.11 Å². The number of hydrogen-bond donors (Lipinski definition) is 1. The number of rotatable bonds is 4. The number of para-hydroxylation sites is 1. The van der Waals surface area contributed by atoms with Crippen molar-refractivity contribution in [1.29, 1.82) is 0 Å². The zero-order valence-electron chi connectivity index (χ0n) is 13.8. The first kappa shape index (κ1) is 15.1. The molecule has 1 aromatic heterocycles. The van der Waals surface area contributed by atoms with Crippen LogP contribution in [-0.2, 0) is 11.2 Å². The Hall–Kier alpha value is -2.43. The molecule has 0 saturated carbocycles. The number of aliphatic hydroxyl groups is 1. The highest BCUT2D eigenvalue weighted by atomic mass is 16.6. The van der Waals surface area contributed by atoms with E-state index in [-0.39, 0.29) is 5.95 Å². The maximum absolute atomic E-state index is 9.49. The second-order valence-electron chi connectivity index (χ2n) is 6.52. The van der Waals surface area contributed by atoms with Gasteiger partial charge in [-0.1, -0.05) is 18.2 Å². The van der Waals surface area contributed by atoms with E-state index in [1.165, 1.54) is 24.1 Å². The Morgan fingerprint density at radius 2 is 2.12 bits per heavy atom. The van der Waals surface area contributed by atoms with Crippen molar-refractivity contribution in [1.82, 2.24) is 14.7 Å². The first-order valence-electron chi connectivity index (χ1n) is 8.71. The molecule has 5 nitrogen and oxygen atoms in total. The van der Waals surface area contributed by atoms with Crippen molar-refractivity contribution < 1.29 is 9.84 Å². The van der Waals surface area contributed by atoms with E-state index >= 15 is 0 Å². The topological polar surface area (TPSA) is 50.5 Å². The maximum Gasteiger partial charge on any atom is 0.293 e. The van der Waals surface area contributed by atoms with Crippen molar-refractivity contribution >= 4 is 0 Å². The van der Waals surface area contributed by atoms with Crippen LogP contribution < -0.4 is 0 Å². The monoisotopic (exact) mass is 325 g/mol. The van der Waals surface area contributed by atoms with E-state index in [2.05, 4.69) is 45.1 Å². The van der Waals surface area contributed by atoms with Crippen LogP contribution in [0.15, 0.2) is 48.7 Å². The summed E-state index contributed by atoms with van der Waals surface area (Å²) in [6.45, 7) is 2.34. The summed E-state index contributed by atoms with van der Waals surface area (Å²) in [5.74, 6) is 0.576. The zero-order chi connectivity index (χ0) is 16.4. The third-order valence-electron chi connectivity index (χ3n) is 4.99. The van der Waals surface area contributed by atoms with Gasteiger partial charge in [0, 0.05) is 12.2 Å². The molecule has 0 radical (unpaired) electrons. The van der Waals surface area contributed by atoms with Crippen LogP contribution in [0.1, 0.15) is 36.4 Å².